The zero-order chi connectivity index (χ0) is 24.5. The summed E-state index contributed by atoms with van der Waals surface area (Å²) < 4.78 is 0. The lowest BCUT2D eigenvalue weighted by atomic mass is 9.79. The fourth-order valence-electron chi connectivity index (χ4n) is 5.37. The van der Waals surface area contributed by atoms with E-state index in [1.807, 2.05) is 30.3 Å². The van der Waals surface area contributed by atoms with E-state index in [9.17, 15) is 5.11 Å². The normalized spacial score (nSPS) is 20.1. The van der Waals surface area contributed by atoms with Crippen LogP contribution in [-0.4, -0.2) is 50.7 Å². The van der Waals surface area contributed by atoms with Crippen molar-refractivity contribution in [1.29, 1.82) is 0 Å². The van der Waals surface area contributed by atoms with Crippen LogP contribution in [0.2, 0.25) is 0 Å². The number of amidine groups is 1. The van der Waals surface area contributed by atoms with Gasteiger partial charge in [-0.3, -0.25) is 4.98 Å². The molecule has 180 valence electrons. The van der Waals surface area contributed by atoms with Crippen molar-refractivity contribution in [3.63, 3.8) is 0 Å². The van der Waals surface area contributed by atoms with Crippen molar-refractivity contribution in [2.24, 2.45) is 10.2 Å². The molecule has 2 aromatic rings. The molecule has 6 nitrogen and oxygen atoms in total. The number of nitrogens with one attached hydrogen (secondary N) is 1. The summed E-state index contributed by atoms with van der Waals surface area (Å²) >= 11 is 0. The number of benzene rings is 1. The van der Waals surface area contributed by atoms with Crippen molar-refractivity contribution in [2.45, 2.75) is 77.4 Å². The Kier molecular flexibility index (Phi) is 6.63. The second-order valence-electron chi connectivity index (χ2n) is 10.8. The predicted molar refractivity (Wildman–Crippen MR) is 140 cm³/mol. The van der Waals surface area contributed by atoms with Gasteiger partial charge in [0.1, 0.15) is 11.6 Å². The Morgan fingerprint density at radius 1 is 1.06 bits per heavy atom. The van der Waals surface area contributed by atoms with Crippen LogP contribution in [0.4, 0.5) is 0 Å². The molecule has 0 saturated carbocycles. The van der Waals surface area contributed by atoms with Gasteiger partial charge in [0.15, 0.2) is 0 Å². The molecule has 0 radical (unpaired) electrons. The van der Waals surface area contributed by atoms with Crippen molar-refractivity contribution in [3.05, 3.63) is 59.8 Å². The van der Waals surface area contributed by atoms with Crippen LogP contribution < -0.4 is 5.32 Å². The average Bonchev–Trinajstić information content (AvgIpc) is 3.00. The third kappa shape index (κ3) is 5.39. The molecule has 0 atom stereocenters. The monoisotopic (exact) mass is 459 g/mol. The molecule has 2 aliphatic heterocycles. The number of rotatable bonds is 4. The quantitative estimate of drug-likeness (QED) is 0.630. The van der Waals surface area contributed by atoms with Crippen molar-refractivity contribution in [3.8, 4) is 17.0 Å². The van der Waals surface area contributed by atoms with Gasteiger partial charge in [-0.15, -0.1) is 10.2 Å². The highest BCUT2D eigenvalue weighted by atomic mass is 16.3. The van der Waals surface area contributed by atoms with E-state index in [1.165, 1.54) is 5.57 Å². The molecule has 0 amide bonds. The van der Waals surface area contributed by atoms with Gasteiger partial charge >= 0.3 is 0 Å². The van der Waals surface area contributed by atoms with Gasteiger partial charge in [-0.25, -0.2) is 0 Å². The molecule has 1 fully saturated rings. The number of phenols is 1. The molecule has 1 aromatic heterocycles. The zero-order valence-electron chi connectivity index (χ0n) is 21.3. The smallest absolute Gasteiger partial charge is 0.131 e. The molecule has 3 heterocycles. The van der Waals surface area contributed by atoms with E-state index in [0.717, 1.165) is 42.8 Å². The second kappa shape index (κ2) is 9.34. The maximum absolute atomic E-state index is 10.8. The summed E-state index contributed by atoms with van der Waals surface area (Å²) in [5.74, 6) is 1.16. The van der Waals surface area contributed by atoms with E-state index in [4.69, 9.17) is 5.10 Å². The Bertz CT molecular complexity index is 1110. The standard InChI is InChI=1S/C28H37N5O/c1-7-19-14-24(22-12-11-20(16-25(22)34)23-10-8-9-13-29-23)30-31-26(15-19)33(6)21-17-27(2,3)32-28(4,5)18-21/h8-14,16,21,32,34H,7,15,17-18H2,1-6H3. The van der Waals surface area contributed by atoms with Crippen LogP contribution >= 0.6 is 0 Å². The molecular weight excluding hydrogens is 422 g/mol. The first-order valence-corrected chi connectivity index (χ1v) is 12.2. The molecule has 4 rings (SSSR count). The second-order valence-corrected chi connectivity index (χ2v) is 10.8. The highest BCUT2D eigenvalue weighted by molar-refractivity contribution is 6.12. The van der Waals surface area contributed by atoms with Crippen molar-refractivity contribution in [2.75, 3.05) is 7.05 Å². The van der Waals surface area contributed by atoms with Gasteiger partial charge in [-0.1, -0.05) is 24.6 Å². The van der Waals surface area contributed by atoms with E-state index >= 15 is 0 Å². The number of hydrogen-bond donors (Lipinski definition) is 2. The molecule has 0 unspecified atom stereocenters. The molecular formula is C28H37N5O. The number of aromatic hydroxyl groups is 1. The summed E-state index contributed by atoms with van der Waals surface area (Å²) in [5, 5.41) is 23.9. The van der Waals surface area contributed by atoms with Crippen LogP contribution in [0.1, 0.15) is 65.9 Å². The first-order chi connectivity index (χ1) is 16.1. The van der Waals surface area contributed by atoms with Gasteiger partial charge < -0.3 is 15.3 Å². The lowest BCUT2D eigenvalue weighted by molar-refractivity contribution is 0.113. The molecule has 0 bridgehead atoms. The van der Waals surface area contributed by atoms with Gasteiger partial charge in [0.2, 0.25) is 0 Å². The van der Waals surface area contributed by atoms with Gasteiger partial charge in [-0.2, -0.15) is 0 Å². The number of nitrogens with zero attached hydrogens (tertiary/aromatic N) is 4. The third-order valence-corrected chi connectivity index (χ3v) is 6.81. The molecule has 0 aliphatic carbocycles. The van der Waals surface area contributed by atoms with Crippen LogP contribution in [0.5, 0.6) is 5.75 Å². The van der Waals surface area contributed by atoms with E-state index in [1.54, 1.807) is 12.3 Å². The van der Waals surface area contributed by atoms with Crippen LogP contribution in [0.3, 0.4) is 0 Å². The Morgan fingerprint density at radius 2 is 1.79 bits per heavy atom. The highest BCUT2D eigenvalue weighted by Gasteiger charge is 2.40. The number of phenolic OH excluding ortho intramolecular Hbond substituents is 1. The van der Waals surface area contributed by atoms with Crippen LogP contribution in [0, 0.1) is 0 Å². The van der Waals surface area contributed by atoms with Crippen molar-refractivity contribution < 1.29 is 5.11 Å². The highest BCUT2D eigenvalue weighted by Crippen LogP contribution is 2.33. The molecule has 0 spiro atoms. The number of allylic oxidation sites excluding steroid dienone is 1. The first-order valence-electron chi connectivity index (χ1n) is 12.2. The number of pyridine rings is 1. The van der Waals surface area contributed by atoms with Crippen molar-refractivity contribution in [1.82, 2.24) is 15.2 Å². The zero-order valence-corrected chi connectivity index (χ0v) is 21.3. The van der Waals surface area contributed by atoms with Gasteiger partial charge in [-0.05, 0) is 77.3 Å². The van der Waals surface area contributed by atoms with Gasteiger partial charge in [0.25, 0.3) is 0 Å². The van der Waals surface area contributed by atoms with Gasteiger partial charge in [0, 0.05) is 47.9 Å². The summed E-state index contributed by atoms with van der Waals surface area (Å²) in [6.45, 7) is 11.2. The minimum absolute atomic E-state index is 0.0605. The summed E-state index contributed by atoms with van der Waals surface area (Å²) in [6.07, 6.45) is 7.59. The number of hydrogen-bond acceptors (Lipinski definition) is 6. The fraction of sp³-hybridized carbons (Fsp3) is 0.464. The maximum atomic E-state index is 10.8. The minimum Gasteiger partial charge on any atom is -0.507 e. The molecule has 1 aromatic carbocycles. The minimum atomic E-state index is 0.0605. The maximum Gasteiger partial charge on any atom is 0.131 e. The molecule has 34 heavy (non-hydrogen) atoms. The summed E-state index contributed by atoms with van der Waals surface area (Å²) in [4.78, 5) is 6.71. The predicted octanol–water partition coefficient (Wildman–Crippen LogP) is 5.54. The summed E-state index contributed by atoms with van der Waals surface area (Å²) in [5.41, 5.74) is 4.44. The largest absolute Gasteiger partial charge is 0.507 e. The number of piperidine rings is 1. The Morgan fingerprint density at radius 3 is 2.41 bits per heavy atom. The summed E-state index contributed by atoms with van der Waals surface area (Å²) in [6, 6.07) is 11.8. The first kappa shape index (κ1) is 24.1. The topological polar surface area (TPSA) is 73.1 Å². The Labute approximate surface area is 203 Å². The number of aromatic nitrogens is 1. The Hall–Kier alpha value is -2.99. The molecule has 1 saturated heterocycles. The van der Waals surface area contributed by atoms with Gasteiger partial charge in [0.05, 0.1) is 11.4 Å². The van der Waals surface area contributed by atoms with E-state index in [2.05, 4.69) is 68.0 Å². The Balaban J connectivity index is 1.64. The average molecular weight is 460 g/mol. The molecule has 2 N–H and O–H groups in total. The third-order valence-electron chi connectivity index (χ3n) is 6.81. The van der Waals surface area contributed by atoms with E-state index < -0.39 is 0 Å². The SMILES string of the molecule is CCC1=CC(c2ccc(-c3ccccn3)cc2O)=NN=C(N(C)C2CC(C)(C)NC(C)(C)C2)C1. The lowest BCUT2D eigenvalue weighted by Crippen LogP contribution is -2.62. The van der Waals surface area contributed by atoms with Crippen LogP contribution in [0.25, 0.3) is 11.3 Å². The van der Waals surface area contributed by atoms with E-state index in [0.29, 0.717) is 17.3 Å². The van der Waals surface area contributed by atoms with Crippen molar-refractivity contribution >= 4 is 11.5 Å². The van der Waals surface area contributed by atoms with Crippen LogP contribution in [0.15, 0.2) is 64.4 Å². The molecule has 2 aliphatic rings. The van der Waals surface area contributed by atoms with Crippen LogP contribution in [-0.2, 0) is 0 Å². The van der Waals surface area contributed by atoms with E-state index in [-0.39, 0.29) is 16.8 Å². The molecule has 6 heteroatoms. The summed E-state index contributed by atoms with van der Waals surface area (Å²) in [7, 11) is 2.15. The fourth-order valence-corrected chi connectivity index (χ4v) is 5.37. The lowest BCUT2D eigenvalue weighted by Gasteiger charge is -2.49.